The van der Waals surface area contributed by atoms with Crippen LogP contribution >= 0.6 is 0 Å². The predicted octanol–water partition coefficient (Wildman–Crippen LogP) is 1.14. The van der Waals surface area contributed by atoms with Crippen LogP contribution in [0.4, 0.5) is 0 Å². The Hall–Kier alpha value is -3.03. The molecular weight excluding hydrogens is 308 g/mol. The molecule has 3 rings (SSSR count). The molecule has 0 bridgehead atoms. The van der Waals surface area contributed by atoms with Crippen molar-refractivity contribution in [3.63, 3.8) is 0 Å². The fraction of sp³-hybridized carbons (Fsp3) is 0.312. The first-order valence-electron chi connectivity index (χ1n) is 7.55. The van der Waals surface area contributed by atoms with E-state index >= 15 is 0 Å². The van der Waals surface area contributed by atoms with Crippen LogP contribution in [0.3, 0.4) is 0 Å². The Morgan fingerprint density at radius 1 is 1.21 bits per heavy atom. The maximum absolute atomic E-state index is 12.5. The summed E-state index contributed by atoms with van der Waals surface area (Å²) in [7, 11) is 1.74. The summed E-state index contributed by atoms with van der Waals surface area (Å²) in [6, 6.07) is 5.06. The van der Waals surface area contributed by atoms with E-state index in [2.05, 4.69) is 20.6 Å². The number of nitrogens with zero attached hydrogens (tertiary/aromatic N) is 5. The number of aromatic nitrogens is 5. The Labute approximate surface area is 138 Å². The minimum absolute atomic E-state index is 0.341. The summed E-state index contributed by atoms with van der Waals surface area (Å²) in [6.45, 7) is 5.23. The zero-order chi connectivity index (χ0) is 17.4. The van der Waals surface area contributed by atoms with Gasteiger partial charge in [-0.3, -0.25) is 18.7 Å². The van der Waals surface area contributed by atoms with E-state index in [0.717, 1.165) is 0 Å². The number of aryl methyl sites for hydroxylation is 2. The third-order valence-corrected chi connectivity index (χ3v) is 4.02. The van der Waals surface area contributed by atoms with Gasteiger partial charge in [0.05, 0.1) is 17.3 Å². The summed E-state index contributed by atoms with van der Waals surface area (Å²) in [4.78, 5) is 24.8. The number of rotatable bonds is 4. The normalized spacial score (nSPS) is 12.3. The Morgan fingerprint density at radius 3 is 2.62 bits per heavy atom. The highest BCUT2D eigenvalue weighted by Crippen LogP contribution is 2.15. The summed E-state index contributed by atoms with van der Waals surface area (Å²) in [5.74, 6) is -0.723. The van der Waals surface area contributed by atoms with Gasteiger partial charge in [-0.2, -0.15) is 5.10 Å². The van der Waals surface area contributed by atoms with Crippen molar-refractivity contribution in [3.8, 4) is 0 Å². The molecule has 0 saturated carbocycles. The monoisotopic (exact) mass is 326 g/mol. The number of fused-ring (bicyclic) bond motifs is 1. The van der Waals surface area contributed by atoms with Crippen molar-refractivity contribution in [2.75, 3.05) is 0 Å². The summed E-state index contributed by atoms with van der Waals surface area (Å²) < 4.78 is 3.36. The maximum atomic E-state index is 12.5. The van der Waals surface area contributed by atoms with Crippen molar-refractivity contribution in [1.29, 1.82) is 0 Å². The molecule has 1 atom stereocenters. The molecule has 8 heteroatoms. The number of carbonyl (C=O) groups is 2. The van der Waals surface area contributed by atoms with Gasteiger partial charge in [0.25, 0.3) is 11.7 Å². The highest BCUT2D eigenvalue weighted by atomic mass is 16.2. The van der Waals surface area contributed by atoms with Gasteiger partial charge in [-0.15, -0.1) is 10.2 Å². The first-order valence-corrected chi connectivity index (χ1v) is 7.55. The first kappa shape index (κ1) is 15.9. The second kappa shape index (κ2) is 5.88. The van der Waals surface area contributed by atoms with E-state index < -0.39 is 17.7 Å². The van der Waals surface area contributed by atoms with Crippen LogP contribution in [-0.2, 0) is 11.8 Å². The average Bonchev–Trinajstić information content (AvgIpc) is 3.08. The van der Waals surface area contributed by atoms with Crippen LogP contribution in [0.1, 0.15) is 40.5 Å². The minimum Gasteiger partial charge on any atom is -0.339 e. The van der Waals surface area contributed by atoms with E-state index in [4.69, 9.17) is 0 Å². The molecule has 0 aliphatic heterocycles. The fourth-order valence-electron chi connectivity index (χ4n) is 2.70. The SMILES string of the molecule is Cc1nn(C)c(C)c1C(=O)C(=O)N[C@@H](C)c1nnc2ccccn12. The third kappa shape index (κ3) is 2.55. The molecule has 124 valence electrons. The first-order chi connectivity index (χ1) is 11.4. The van der Waals surface area contributed by atoms with Crippen LogP contribution < -0.4 is 5.32 Å². The molecule has 3 heterocycles. The highest BCUT2D eigenvalue weighted by molar-refractivity contribution is 6.43. The number of carbonyl (C=O) groups excluding carboxylic acids is 2. The predicted molar refractivity (Wildman–Crippen MR) is 86.6 cm³/mol. The topological polar surface area (TPSA) is 94.2 Å². The fourth-order valence-corrected chi connectivity index (χ4v) is 2.70. The number of hydrogen-bond acceptors (Lipinski definition) is 5. The van der Waals surface area contributed by atoms with Crippen molar-refractivity contribution in [1.82, 2.24) is 29.7 Å². The molecule has 0 aliphatic rings. The Balaban J connectivity index is 1.82. The molecule has 0 saturated heterocycles. The van der Waals surface area contributed by atoms with Gasteiger partial charge in [-0.05, 0) is 32.9 Å². The van der Waals surface area contributed by atoms with E-state index in [-0.39, 0.29) is 0 Å². The van der Waals surface area contributed by atoms with Gasteiger partial charge in [0, 0.05) is 18.9 Å². The number of pyridine rings is 1. The van der Waals surface area contributed by atoms with Crippen molar-refractivity contribution in [2.45, 2.75) is 26.8 Å². The van der Waals surface area contributed by atoms with Crippen LogP contribution in [0.5, 0.6) is 0 Å². The largest absolute Gasteiger partial charge is 0.339 e. The Kier molecular flexibility index (Phi) is 3.88. The molecule has 3 aromatic rings. The van der Waals surface area contributed by atoms with Crippen LogP contribution in [-0.4, -0.2) is 36.1 Å². The molecular formula is C16H18N6O2. The minimum atomic E-state index is -0.686. The number of amides is 1. The van der Waals surface area contributed by atoms with E-state index in [1.54, 1.807) is 36.9 Å². The van der Waals surface area contributed by atoms with Crippen LogP contribution in [0, 0.1) is 13.8 Å². The number of Topliss-reactive ketones (excluding diaryl/α,β-unsaturated/α-hetero) is 1. The molecule has 24 heavy (non-hydrogen) atoms. The van der Waals surface area contributed by atoms with E-state index in [0.29, 0.717) is 28.4 Å². The zero-order valence-electron chi connectivity index (χ0n) is 13.9. The smallest absolute Gasteiger partial charge is 0.293 e. The lowest BCUT2D eigenvalue weighted by molar-refractivity contribution is -0.117. The molecule has 3 aromatic heterocycles. The molecule has 1 amide bonds. The van der Waals surface area contributed by atoms with Crippen LogP contribution in [0.15, 0.2) is 24.4 Å². The standard InChI is InChI=1S/C16H18N6O2/c1-9-13(11(3)21(4)20-9)14(23)16(24)17-10(2)15-19-18-12-7-5-6-8-22(12)15/h5-8,10H,1-4H3,(H,17,24)/t10-/m0/s1. The molecule has 0 fully saturated rings. The maximum Gasteiger partial charge on any atom is 0.293 e. The number of hydrogen-bond donors (Lipinski definition) is 1. The van der Waals surface area contributed by atoms with Gasteiger partial charge in [0.15, 0.2) is 11.5 Å². The zero-order valence-corrected chi connectivity index (χ0v) is 13.9. The third-order valence-electron chi connectivity index (χ3n) is 4.02. The second-order valence-corrected chi connectivity index (χ2v) is 5.68. The summed E-state index contributed by atoms with van der Waals surface area (Å²) in [5, 5.41) is 15.0. The lowest BCUT2D eigenvalue weighted by atomic mass is 10.1. The number of nitrogens with one attached hydrogen (secondary N) is 1. The van der Waals surface area contributed by atoms with Crippen molar-refractivity contribution in [2.24, 2.45) is 7.05 Å². The molecule has 8 nitrogen and oxygen atoms in total. The molecule has 0 spiro atoms. The Bertz CT molecular complexity index is 939. The molecule has 0 aliphatic carbocycles. The lowest BCUT2D eigenvalue weighted by Crippen LogP contribution is -2.34. The lowest BCUT2D eigenvalue weighted by Gasteiger charge is -2.11. The van der Waals surface area contributed by atoms with Crippen LogP contribution in [0.2, 0.25) is 0 Å². The average molecular weight is 326 g/mol. The van der Waals surface area contributed by atoms with Gasteiger partial charge in [0.2, 0.25) is 0 Å². The second-order valence-electron chi connectivity index (χ2n) is 5.68. The van der Waals surface area contributed by atoms with Gasteiger partial charge in [-0.1, -0.05) is 6.07 Å². The summed E-state index contributed by atoms with van der Waals surface area (Å²) in [6.07, 6.45) is 1.81. The van der Waals surface area contributed by atoms with E-state index in [1.165, 1.54) is 0 Å². The molecule has 1 N–H and O–H groups in total. The van der Waals surface area contributed by atoms with E-state index in [1.807, 2.05) is 24.4 Å². The molecule has 0 aromatic carbocycles. The van der Waals surface area contributed by atoms with Crippen LogP contribution in [0.25, 0.3) is 5.65 Å². The molecule has 0 unspecified atom stereocenters. The summed E-state index contributed by atoms with van der Waals surface area (Å²) in [5.41, 5.74) is 2.22. The Morgan fingerprint density at radius 2 is 1.96 bits per heavy atom. The van der Waals surface area contributed by atoms with Crippen molar-refractivity contribution >= 4 is 17.3 Å². The van der Waals surface area contributed by atoms with Gasteiger partial charge in [0.1, 0.15) is 0 Å². The van der Waals surface area contributed by atoms with Gasteiger partial charge < -0.3 is 5.32 Å². The molecule has 0 radical (unpaired) electrons. The van der Waals surface area contributed by atoms with Gasteiger partial charge >= 0.3 is 0 Å². The van der Waals surface area contributed by atoms with Gasteiger partial charge in [-0.25, -0.2) is 0 Å². The van der Waals surface area contributed by atoms with E-state index in [9.17, 15) is 9.59 Å². The quantitative estimate of drug-likeness (QED) is 0.573. The highest BCUT2D eigenvalue weighted by Gasteiger charge is 2.26. The van der Waals surface area contributed by atoms with Crippen molar-refractivity contribution in [3.05, 3.63) is 47.2 Å². The number of ketones is 1. The summed E-state index contributed by atoms with van der Waals surface area (Å²) >= 11 is 0. The van der Waals surface area contributed by atoms with Crippen molar-refractivity contribution < 1.29 is 9.59 Å².